The SMILES string of the molecule is CC.COC(=O)N[C@@H](C)C(=O)N1CCN(C(=O)OC)C[C@H]1c1ncc(-c2ccc(C3=CC=C(c4cnc([C@@H]5CCCN5C(=O)[C@@H](NC(=O)C5=C[CH]5)C(C)C)[nH]4)C4CC34)cc2)[nH]1. The highest BCUT2D eigenvalue weighted by Crippen LogP contribution is 2.57. The zero-order chi connectivity index (χ0) is 43.5. The molecular weight excluding hydrogens is 779 g/mol. The van der Waals surface area contributed by atoms with Gasteiger partial charge in [0.15, 0.2) is 0 Å². The van der Waals surface area contributed by atoms with Gasteiger partial charge in [0.2, 0.25) is 17.7 Å². The van der Waals surface area contributed by atoms with Gasteiger partial charge < -0.3 is 44.8 Å². The molecule has 6 atom stereocenters. The summed E-state index contributed by atoms with van der Waals surface area (Å²) in [6.45, 7) is 10.8. The minimum atomic E-state index is -0.853. The molecule has 1 radical (unpaired) electrons. The largest absolute Gasteiger partial charge is 0.453 e. The number of carbonyl (C=O) groups is 5. The Labute approximate surface area is 356 Å². The number of hydrogen-bond donors (Lipinski definition) is 4. The van der Waals surface area contributed by atoms with E-state index in [1.165, 1.54) is 30.3 Å². The van der Waals surface area contributed by atoms with Crippen LogP contribution in [0.5, 0.6) is 0 Å². The van der Waals surface area contributed by atoms with Crippen LogP contribution in [0.1, 0.15) is 88.9 Å². The number of H-pyrrole nitrogens is 2. The van der Waals surface area contributed by atoms with Crippen LogP contribution in [-0.4, -0.2) is 117 Å². The lowest BCUT2D eigenvalue weighted by Crippen LogP contribution is -2.56. The maximum atomic E-state index is 13.8. The van der Waals surface area contributed by atoms with Crippen LogP contribution in [0.15, 0.2) is 60.5 Å². The molecule has 61 heavy (non-hydrogen) atoms. The van der Waals surface area contributed by atoms with Gasteiger partial charge in [-0.2, -0.15) is 0 Å². The second-order valence-corrected chi connectivity index (χ2v) is 16.1. The molecule has 3 fully saturated rings. The molecular formula is C45H56N9O7. The second kappa shape index (κ2) is 18.2. The summed E-state index contributed by atoms with van der Waals surface area (Å²) in [5.74, 6) is 1.37. The first kappa shape index (κ1) is 42.9. The first-order valence-electron chi connectivity index (χ1n) is 21.2. The molecule has 2 aromatic heterocycles. The summed E-state index contributed by atoms with van der Waals surface area (Å²) in [6.07, 6.45) is 13.0. The Balaban J connectivity index is 0.00000277. The van der Waals surface area contributed by atoms with E-state index in [1.807, 2.05) is 50.9 Å². The number of amides is 5. The Morgan fingerprint density at radius 1 is 0.754 bits per heavy atom. The van der Waals surface area contributed by atoms with E-state index < -0.39 is 30.3 Å². The number of carbonyl (C=O) groups excluding carboxylic acids is 5. The number of aromatic nitrogens is 4. The molecule has 0 bridgehead atoms. The number of imidazole rings is 2. The molecule has 3 aromatic rings. The van der Waals surface area contributed by atoms with E-state index >= 15 is 0 Å². The Morgan fingerprint density at radius 2 is 1.38 bits per heavy atom. The van der Waals surface area contributed by atoms with E-state index in [0.29, 0.717) is 29.8 Å². The summed E-state index contributed by atoms with van der Waals surface area (Å²) >= 11 is 0. The topological polar surface area (TPSA) is 195 Å². The number of fused-ring (bicyclic) bond motifs is 1. The fourth-order valence-corrected chi connectivity index (χ4v) is 8.60. The number of nitrogens with zero attached hydrogens (tertiary/aromatic N) is 5. The number of aromatic amines is 2. The normalized spacial score (nSPS) is 22.4. The summed E-state index contributed by atoms with van der Waals surface area (Å²) in [5.41, 5.74) is 6.89. The zero-order valence-corrected chi connectivity index (χ0v) is 35.9. The maximum absolute atomic E-state index is 13.8. The standard InChI is InChI=1S/C43H50N9O7.C2H6/c1-23(2)36(49-39(53)27-12-13-27)41(55)51-16-6-7-34(51)37-45-21-33(48-37)29-15-14-28(30-19-31(29)30)25-8-10-26(11-9-25)32-20-44-38(47-32)35-22-50(43(57)59-5)17-18-52(35)40(54)24(3)46-42(56)58-4;1-2/h8-15,20-21,23-24,30-31,34-36H,6-7,16-19,22H2,1-5H3,(H,44,47)(H,45,48)(H,46,56)(H,49,53);1-2H3/t24-,30?,31?,34-,35-,36-;/m0./s1. The van der Waals surface area contributed by atoms with E-state index in [1.54, 1.807) is 30.5 Å². The van der Waals surface area contributed by atoms with Gasteiger partial charge in [-0.1, -0.05) is 70.2 Å². The molecule has 16 nitrogen and oxygen atoms in total. The molecule has 2 unspecified atom stereocenters. The first-order valence-corrected chi connectivity index (χ1v) is 21.2. The van der Waals surface area contributed by atoms with Gasteiger partial charge in [-0.25, -0.2) is 19.6 Å². The van der Waals surface area contributed by atoms with Gasteiger partial charge in [-0.15, -0.1) is 0 Å². The average molecular weight is 835 g/mol. The predicted octanol–water partition coefficient (Wildman–Crippen LogP) is 5.59. The highest BCUT2D eigenvalue weighted by atomic mass is 16.5. The smallest absolute Gasteiger partial charge is 0.409 e. The molecule has 4 N–H and O–H groups in total. The quantitative estimate of drug-likeness (QED) is 0.191. The van der Waals surface area contributed by atoms with Gasteiger partial charge in [0.05, 0.1) is 50.6 Å². The Kier molecular flexibility index (Phi) is 12.8. The summed E-state index contributed by atoms with van der Waals surface area (Å²) in [5, 5.41) is 5.47. The lowest BCUT2D eigenvalue weighted by atomic mass is 9.91. The summed E-state index contributed by atoms with van der Waals surface area (Å²) in [7, 11) is 2.55. The number of hydrogen-bond acceptors (Lipinski definition) is 9. The van der Waals surface area contributed by atoms with Crippen molar-refractivity contribution in [2.24, 2.45) is 17.8 Å². The van der Waals surface area contributed by atoms with Crippen LogP contribution in [0.2, 0.25) is 0 Å². The fraction of sp³-hybridized carbons (Fsp3) is 0.467. The van der Waals surface area contributed by atoms with Crippen LogP contribution in [0.3, 0.4) is 0 Å². The van der Waals surface area contributed by atoms with Gasteiger partial charge in [0, 0.05) is 31.6 Å². The Hall–Kier alpha value is -6.19. The number of likely N-dealkylation sites (tertiary alicyclic amines) is 1. The second-order valence-electron chi connectivity index (χ2n) is 16.1. The third kappa shape index (κ3) is 8.98. The van der Waals surface area contributed by atoms with Crippen LogP contribution in [-0.2, 0) is 23.9 Å². The third-order valence-electron chi connectivity index (χ3n) is 12.0. The van der Waals surface area contributed by atoms with Gasteiger partial charge >= 0.3 is 12.2 Å². The number of methoxy groups -OCH3 is 2. The molecule has 1 aromatic carbocycles. The molecule has 0 spiro atoms. The summed E-state index contributed by atoms with van der Waals surface area (Å²) < 4.78 is 9.64. The zero-order valence-electron chi connectivity index (χ0n) is 35.9. The Morgan fingerprint density at radius 3 is 2.05 bits per heavy atom. The molecule has 5 aliphatic rings. The van der Waals surface area contributed by atoms with Gasteiger partial charge in [-0.3, -0.25) is 14.4 Å². The van der Waals surface area contributed by atoms with Gasteiger partial charge in [-0.05, 0) is 66.2 Å². The predicted molar refractivity (Wildman–Crippen MR) is 228 cm³/mol. The number of nitrogens with one attached hydrogen (secondary N) is 4. The van der Waals surface area contributed by atoms with Crippen LogP contribution in [0.4, 0.5) is 9.59 Å². The van der Waals surface area contributed by atoms with Gasteiger partial charge in [0.25, 0.3) is 0 Å². The van der Waals surface area contributed by atoms with E-state index in [-0.39, 0.29) is 49.3 Å². The first-order chi connectivity index (χ1) is 29.4. The van der Waals surface area contributed by atoms with Crippen molar-refractivity contribution >= 4 is 41.1 Å². The maximum Gasteiger partial charge on any atom is 0.409 e. The van der Waals surface area contributed by atoms with Crippen molar-refractivity contribution in [3.05, 3.63) is 89.8 Å². The van der Waals surface area contributed by atoms with E-state index in [9.17, 15) is 24.0 Å². The van der Waals surface area contributed by atoms with Crippen LogP contribution in [0, 0.1) is 24.2 Å². The van der Waals surface area contributed by atoms with Crippen molar-refractivity contribution in [3.63, 3.8) is 0 Å². The molecule has 2 saturated heterocycles. The molecule has 3 aliphatic carbocycles. The van der Waals surface area contributed by atoms with E-state index in [0.717, 1.165) is 47.6 Å². The molecule has 1 saturated carbocycles. The van der Waals surface area contributed by atoms with Crippen molar-refractivity contribution in [3.8, 4) is 11.3 Å². The fourth-order valence-electron chi connectivity index (χ4n) is 8.60. The minimum absolute atomic E-state index is 0.0542. The van der Waals surface area contributed by atoms with E-state index in [4.69, 9.17) is 9.72 Å². The Bertz CT molecular complexity index is 2240. The molecule has 323 valence electrons. The number of benzene rings is 1. The van der Waals surface area contributed by atoms with Crippen molar-refractivity contribution < 1.29 is 33.4 Å². The highest BCUT2D eigenvalue weighted by molar-refractivity contribution is 6.03. The molecule has 4 heterocycles. The number of allylic oxidation sites excluding steroid dienone is 5. The van der Waals surface area contributed by atoms with Gasteiger partial charge in [0.1, 0.15) is 29.8 Å². The lowest BCUT2D eigenvalue weighted by Gasteiger charge is -2.40. The number of ether oxygens (including phenoxy) is 2. The van der Waals surface area contributed by atoms with Crippen molar-refractivity contribution in [1.82, 2.24) is 45.3 Å². The number of alkyl carbamates (subject to hydrolysis) is 1. The van der Waals surface area contributed by atoms with Crippen LogP contribution >= 0.6 is 0 Å². The van der Waals surface area contributed by atoms with Crippen LogP contribution in [0.25, 0.3) is 22.4 Å². The van der Waals surface area contributed by atoms with Crippen LogP contribution < -0.4 is 10.6 Å². The molecule has 2 aliphatic heterocycles. The highest BCUT2D eigenvalue weighted by Gasteiger charge is 2.46. The average Bonchev–Trinajstić information content (AvgIpc) is 4.11. The monoisotopic (exact) mass is 834 g/mol. The van der Waals surface area contributed by atoms with Crippen molar-refractivity contribution in [2.45, 2.75) is 78.0 Å². The number of piperazine rings is 1. The van der Waals surface area contributed by atoms with Crippen molar-refractivity contribution in [2.75, 3.05) is 40.4 Å². The molecule has 8 rings (SSSR count). The summed E-state index contributed by atoms with van der Waals surface area (Å²) in [6, 6.07) is 6.08. The van der Waals surface area contributed by atoms with Crippen molar-refractivity contribution in [1.29, 1.82) is 0 Å². The minimum Gasteiger partial charge on any atom is -0.453 e. The lowest BCUT2D eigenvalue weighted by molar-refractivity contribution is -0.138. The van der Waals surface area contributed by atoms with E-state index in [2.05, 4.69) is 54.6 Å². The number of rotatable bonds is 11. The third-order valence-corrected chi connectivity index (χ3v) is 12.0. The summed E-state index contributed by atoms with van der Waals surface area (Å²) in [4.78, 5) is 85.4. The molecule has 16 heteroatoms. The molecule has 5 amide bonds.